The van der Waals surface area contributed by atoms with E-state index in [0.717, 1.165) is 24.6 Å². The Hall–Kier alpha value is -1.04. The van der Waals surface area contributed by atoms with Crippen LogP contribution in [0, 0.1) is 12.7 Å². The van der Waals surface area contributed by atoms with Crippen molar-refractivity contribution in [3.63, 3.8) is 0 Å². The van der Waals surface area contributed by atoms with E-state index < -0.39 is 34.0 Å². The molecule has 0 unspecified atom stereocenters. The third-order valence-corrected chi connectivity index (χ3v) is 8.41. The van der Waals surface area contributed by atoms with Gasteiger partial charge in [-0.2, -0.15) is 17.4 Å². The molecule has 146 valence electrons. The molecule has 2 aromatic rings. The molecule has 1 amide bonds. The molecule has 0 radical (unpaired) electrons. The van der Waals surface area contributed by atoms with Gasteiger partial charge in [-0.15, -0.1) is 11.3 Å². The van der Waals surface area contributed by atoms with Crippen LogP contribution in [0.15, 0.2) is 28.1 Å². The molecule has 1 fully saturated rings. The first-order valence-corrected chi connectivity index (χ1v) is 11.3. The Morgan fingerprint density at radius 2 is 2.15 bits per heavy atom. The maximum atomic E-state index is 13.3. The third kappa shape index (κ3) is 4.36. The molecule has 3 rings (SSSR count). The Kier molecular flexibility index (Phi) is 5.95. The fraction of sp³-hybridized carbons (Fsp3) is 0.312. The Labute approximate surface area is 174 Å². The van der Waals surface area contributed by atoms with Crippen LogP contribution in [0.3, 0.4) is 0 Å². The molecule has 0 spiro atoms. The summed E-state index contributed by atoms with van der Waals surface area (Å²) in [5, 5.41) is 2.48. The number of carbonyl (C=O) groups is 1. The standard InChI is InChI=1S/C16H16BrClFN3O3S2/c1-8-5-14(26-15(8)17)12-7-13(22(2)27(24,25)21-12)16(23)20-9-3-4-11(19)10(18)6-9/h3-6,12-13,21H,7H2,1-2H3,(H,20,23)/t12-,13+/m1/s1. The number of amides is 1. The molecule has 0 bridgehead atoms. The molecule has 1 aromatic carbocycles. The number of aryl methyl sites for hydroxylation is 1. The number of rotatable bonds is 3. The van der Waals surface area contributed by atoms with Crippen LogP contribution < -0.4 is 10.0 Å². The van der Waals surface area contributed by atoms with Crippen LogP contribution in [0.4, 0.5) is 10.1 Å². The van der Waals surface area contributed by atoms with Gasteiger partial charge in [0.05, 0.1) is 14.9 Å². The number of likely N-dealkylation sites (N-methyl/N-ethyl adjacent to an activating group) is 1. The quantitative estimate of drug-likeness (QED) is 0.678. The Bertz CT molecular complexity index is 979. The first-order valence-electron chi connectivity index (χ1n) is 7.85. The van der Waals surface area contributed by atoms with Crippen LogP contribution in [-0.4, -0.2) is 31.7 Å². The minimum atomic E-state index is -3.84. The summed E-state index contributed by atoms with van der Waals surface area (Å²) >= 11 is 10.6. The first-order chi connectivity index (χ1) is 12.6. The van der Waals surface area contributed by atoms with Crippen molar-refractivity contribution in [2.24, 2.45) is 0 Å². The lowest BCUT2D eigenvalue weighted by molar-refractivity contribution is -0.120. The SMILES string of the molecule is Cc1cc([C@H]2C[C@@H](C(=O)Nc3ccc(F)c(Cl)c3)N(C)S(=O)(=O)N2)sc1Br. The molecule has 1 aromatic heterocycles. The van der Waals surface area contributed by atoms with Gasteiger partial charge >= 0.3 is 0 Å². The number of anilines is 1. The Morgan fingerprint density at radius 1 is 1.44 bits per heavy atom. The molecule has 1 aliphatic heterocycles. The van der Waals surface area contributed by atoms with E-state index in [1.54, 1.807) is 0 Å². The van der Waals surface area contributed by atoms with Crippen molar-refractivity contribution in [2.75, 3.05) is 12.4 Å². The summed E-state index contributed by atoms with van der Waals surface area (Å²) < 4.78 is 42.8. The highest BCUT2D eigenvalue weighted by molar-refractivity contribution is 9.11. The van der Waals surface area contributed by atoms with E-state index in [2.05, 4.69) is 26.0 Å². The summed E-state index contributed by atoms with van der Waals surface area (Å²) in [7, 11) is -2.49. The van der Waals surface area contributed by atoms with E-state index in [-0.39, 0.29) is 11.4 Å². The van der Waals surface area contributed by atoms with Crippen LogP contribution in [0.25, 0.3) is 0 Å². The zero-order valence-corrected chi connectivity index (χ0v) is 18.3. The van der Waals surface area contributed by atoms with Gasteiger partial charge in [-0.05, 0) is 59.1 Å². The summed E-state index contributed by atoms with van der Waals surface area (Å²) in [6.45, 7) is 1.91. The van der Waals surface area contributed by atoms with Gasteiger partial charge in [0.2, 0.25) is 5.91 Å². The van der Waals surface area contributed by atoms with Crippen molar-refractivity contribution in [2.45, 2.75) is 25.4 Å². The van der Waals surface area contributed by atoms with Crippen LogP contribution >= 0.6 is 38.9 Å². The van der Waals surface area contributed by atoms with Crippen molar-refractivity contribution in [3.8, 4) is 0 Å². The summed E-state index contributed by atoms with van der Waals surface area (Å²) in [5.74, 6) is -1.11. The second-order valence-electron chi connectivity index (χ2n) is 6.17. The van der Waals surface area contributed by atoms with E-state index in [0.29, 0.717) is 5.69 Å². The largest absolute Gasteiger partial charge is 0.325 e. The lowest BCUT2D eigenvalue weighted by Crippen LogP contribution is -2.55. The Balaban J connectivity index is 1.85. The maximum Gasteiger partial charge on any atom is 0.280 e. The molecule has 27 heavy (non-hydrogen) atoms. The lowest BCUT2D eigenvalue weighted by atomic mass is 10.0. The molecule has 2 heterocycles. The smallest absolute Gasteiger partial charge is 0.280 e. The average Bonchev–Trinajstić information content (AvgIpc) is 2.92. The number of hydrogen-bond acceptors (Lipinski definition) is 4. The third-order valence-electron chi connectivity index (χ3n) is 4.28. The lowest BCUT2D eigenvalue weighted by Gasteiger charge is -2.35. The van der Waals surface area contributed by atoms with Crippen LogP contribution in [-0.2, 0) is 15.0 Å². The number of carbonyl (C=O) groups excluding carboxylic acids is 1. The van der Waals surface area contributed by atoms with Gasteiger partial charge in [0.25, 0.3) is 10.2 Å². The van der Waals surface area contributed by atoms with E-state index in [1.807, 2.05) is 13.0 Å². The van der Waals surface area contributed by atoms with Gasteiger partial charge in [-0.25, -0.2) is 4.39 Å². The molecule has 0 aliphatic carbocycles. The van der Waals surface area contributed by atoms with Crippen molar-refractivity contribution in [3.05, 3.63) is 49.3 Å². The minimum absolute atomic E-state index is 0.129. The summed E-state index contributed by atoms with van der Waals surface area (Å²) in [6, 6.07) is 4.23. The molecular weight excluding hydrogens is 481 g/mol. The monoisotopic (exact) mass is 495 g/mol. The van der Waals surface area contributed by atoms with Gasteiger partial charge < -0.3 is 5.32 Å². The highest BCUT2D eigenvalue weighted by atomic mass is 79.9. The van der Waals surface area contributed by atoms with Crippen LogP contribution in [0.1, 0.15) is 22.9 Å². The maximum absolute atomic E-state index is 13.3. The molecule has 11 heteroatoms. The number of halogens is 3. The second kappa shape index (κ2) is 7.76. The topological polar surface area (TPSA) is 78.5 Å². The number of thiophene rings is 1. The number of nitrogens with one attached hydrogen (secondary N) is 2. The molecule has 2 atom stereocenters. The first kappa shape index (κ1) is 20.7. The second-order valence-corrected chi connectivity index (χ2v) is 10.7. The minimum Gasteiger partial charge on any atom is -0.325 e. The normalized spacial score (nSPS) is 22.6. The van der Waals surface area contributed by atoms with Crippen LogP contribution in [0.2, 0.25) is 5.02 Å². The molecule has 1 aliphatic rings. The van der Waals surface area contributed by atoms with Gasteiger partial charge in [0.15, 0.2) is 0 Å². The van der Waals surface area contributed by atoms with E-state index >= 15 is 0 Å². The molecule has 6 nitrogen and oxygen atoms in total. The zero-order valence-electron chi connectivity index (χ0n) is 14.3. The van der Waals surface area contributed by atoms with Crippen LogP contribution in [0.5, 0.6) is 0 Å². The van der Waals surface area contributed by atoms with E-state index in [9.17, 15) is 17.6 Å². The molecule has 1 saturated heterocycles. The fourth-order valence-electron chi connectivity index (χ4n) is 2.75. The van der Waals surface area contributed by atoms with Gasteiger partial charge in [-0.3, -0.25) is 4.79 Å². The predicted molar refractivity (Wildman–Crippen MR) is 108 cm³/mol. The fourth-order valence-corrected chi connectivity index (χ4v) is 5.91. The average molecular weight is 497 g/mol. The zero-order chi connectivity index (χ0) is 19.9. The van der Waals surface area contributed by atoms with Crippen molar-refractivity contribution in [1.82, 2.24) is 9.03 Å². The highest BCUT2D eigenvalue weighted by Crippen LogP contribution is 2.36. The number of nitrogens with zero attached hydrogens (tertiary/aromatic N) is 1. The summed E-state index contributed by atoms with van der Waals surface area (Å²) in [4.78, 5) is 13.5. The highest BCUT2D eigenvalue weighted by Gasteiger charge is 2.41. The van der Waals surface area contributed by atoms with Gasteiger partial charge in [0, 0.05) is 17.6 Å². The van der Waals surface area contributed by atoms with Crippen molar-refractivity contribution < 1.29 is 17.6 Å². The van der Waals surface area contributed by atoms with E-state index in [1.165, 1.54) is 30.5 Å². The Morgan fingerprint density at radius 3 is 2.74 bits per heavy atom. The predicted octanol–water partition coefficient (Wildman–Crippen LogP) is 3.83. The molecular formula is C16H16BrClFN3O3S2. The van der Waals surface area contributed by atoms with E-state index in [4.69, 9.17) is 11.6 Å². The summed E-state index contributed by atoms with van der Waals surface area (Å²) in [6.07, 6.45) is 0.253. The number of benzene rings is 1. The number of hydrogen-bond donors (Lipinski definition) is 2. The van der Waals surface area contributed by atoms with Gasteiger partial charge in [-0.1, -0.05) is 11.6 Å². The van der Waals surface area contributed by atoms with Gasteiger partial charge in [0.1, 0.15) is 11.9 Å². The summed E-state index contributed by atoms with van der Waals surface area (Å²) in [5.41, 5.74) is 1.29. The van der Waals surface area contributed by atoms with Crippen molar-refractivity contribution in [1.29, 1.82) is 0 Å². The molecule has 2 N–H and O–H groups in total. The molecule has 0 saturated carbocycles. The van der Waals surface area contributed by atoms with Crippen molar-refractivity contribution >= 4 is 60.7 Å².